The average molecular weight is 286 g/mol. The Morgan fingerprint density at radius 3 is 2.63 bits per heavy atom. The van der Waals surface area contributed by atoms with Gasteiger partial charge in [-0.1, -0.05) is 0 Å². The summed E-state index contributed by atoms with van der Waals surface area (Å²) < 4.78 is 27.8. The van der Waals surface area contributed by atoms with E-state index in [-0.39, 0.29) is 10.8 Å². The number of sulfonamides is 1. The Labute approximate surface area is 113 Å². The van der Waals surface area contributed by atoms with Gasteiger partial charge in [-0.3, -0.25) is 4.79 Å². The molecular weight excluding hydrogens is 268 g/mol. The lowest BCUT2D eigenvalue weighted by molar-refractivity contribution is -0.120. The molecule has 0 atom stereocenters. The molecule has 0 fully saturated rings. The normalized spacial score (nSPS) is 11.1. The molecule has 1 aromatic carbocycles. The Hall–Kier alpha value is -1.60. The number of carbonyl (C=O) groups excluding carboxylic acids is 1. The van der Waals surface area contributed by atoms with Crippen molar-refractivity contribution >= 4 is 15.9 Å². The largest absolute Gasteiger partial charge is 0.493 e. The van der Waals surface area contributed by atoms with E-state index in [1.807, 2.05) is 0 Å². The first-order valence-corrected chi connectivity index (χ1v) is 7.36. The zero-order valence-electron chi connectivity index (χ0n) is 11.0. The molecular formula is C12H18N2O4S. The van der Waals surface area contributed by atoms with Crippen molar-refractivity contribution in [1.29, 1.82) is 0 Å². The summed E-state index contributed by atoms with van der Waals surface area (Å²) in [5.41, 5.74) is 0.687. The van der Waals surface area contributed by atoms with Gasteiger partial charge in [0, 0.05) is 13.5 Å². The molecule has 1 aromatic rings. The zero-order chi connectivity index (χ0) is 14.5. The smallest absolute Gasteiger partial charge is 0.238 e. The van der Waals surface area contributed by atoms with E-state index in [1.54, 1.807) is 20.0 Å². The number of aryl methyl sites for hydroxylation is 1. The first-order chi connectivity index (χ1) is 8.84. The van der Waals surface area contributed by atoms with E-state index in [0.717, 1.165) is 0 Å². The topological polar surface area (TPSA) is 98.5 Å². The van der Waals surface area contributed by atoms with Crippen LogP contribution < -0.4 is 15.2 Å². The highest BCUT2D eigenvalue weighted by atomic mass is 32.2. The van der Waals surface area contributed by atoms with E-state index in [0.29, 0.717) is 30.8 Å². The predicted molar refractivity (Wildman–Crippen MR) is 71.3 cm³/mol. The molecule has 0 spiro atoms. The third-order valence-corrected chi connectivity index (χ3v) is 3.47. The van der Waals surface area contributed by atoms with Gasteiger partial charge in [0.15, 0.2) is 0 Å². The fraction of sp³-hybridized carbons (Fsp3) is 0.417. The Kier molecular flexibility index (Phi) is 5.31. The number of primary sulfonamides is 1. The van der Waals surface area contributed by atoms with Crippen LogP contribution in [-0.2, 0) is 14.8 Å². The van der Waals surface area contributed by atoms with Crippen LogP contribution in [0.3, 0.4) is 0 Å². The first-order valence-electron chi connectivity index (χ1n) is 5.81. The number of rotatable bonds is 6. The molecule has 0 saturated heterocycles. The standard InChI is InChI=1S/C12H18N2O4S/c1-9-8-10(19(13,16)17)5-6-11(9)18-7-3-4-12(15)14-2/h5-6,8H,3-4,7H2,1-2H3,(H,14,15)(H2,13,16,17). The average Bonchev–Trinajstić information content (AvgIpc) is 2.34. The Morgan fingerprint density at radius 1 is 1.42 bits per heavy atom. The van der Waals surface area contributed by atoms with Crippen molar-refractivity contribution in [3.8, 4) is 5.75 Å². The minimum Gasteiger partial charge on any atom is -0.493 e. The highest BCUT2D eigenvalue weighted by Crippen LogP contribution is 2.21. The van der Waals surface area contributed by atoms with Crippen LogP contribution in [0.15, 0.2) is 23.1 Å². The Morgan fingerprint density at radius 2 is 2.11 bits per heavy atom. The number of carbonyl (C=O) groups is 1. The van der Waals surface area contributed by atoms with Crippen LogP contribution in [0.5, 0.6) is 5.75 Å². The van der Waals surface area contributed by atoms with Gasteiger partial charge in [0.05, 0.1) is 11.5 Å². The molecule has 7 heteroatoms. The maximum absolute atomic E-state index is 11.2. The van der Waals surface area contributed by atoms with Gasteiger partial charge in [-0.2, -0.15) is 0 Å². The number of amides is 1. The molecule has 1 rings (SSSR count). The summed E-state index contributed by atoms with van der Waals surface area (Å²) in [5.74, 6) is 0.550. The molecule has 0 radical (unpaired) electrons. The number of nitrogens with one attached hydrogen (secondary N) is 1. The molecule has 1 amide bonds. The first kappa shape index (κ1) is 15.5. The number of benzene rings is 1. The third kappa shape index (κ3) is 4.88. The van der Waals surface area contributed by atoms with Gasteiger partial charge < -0.3 is 10.1 Å². The van der Waals surface area contributed by atoms with E-state index in [2.05, 4.69) is 5.32 Å². The number of nitrogens with two attached hydrogens (primary N) is 1. The monoisotopic (exact) mass is 286 g/mol. The summed E-state index contributed by atoms with van der Waals surface area (Å²) >= 11 is 0. The van der Waals surface area contributed by atoms with E-state index >= 15 is 0 Å². The summed E-state index contributed by atoms with van der Waals surface area (Å²) in [6, 6.07) is 4.43. The van der Waals surface area contributed by atoms with Gasteiger partial charge in [0.2, 0.25) is 15.9 Å². The fourth-order valence-electron chi connectivity index (χ4n) is 1.50. The van der Waals surface area contributed by atoms with Crippen LogP contribution in [0.4, 0.5) is 0 Å². The minimum atomic E-state index is -3.69. The van der Waals surface area contributed by atoms with E-state index < -0.39 is 10.0 Å². The zero-order valence-corrected chi connectivity index (χ0v) is 11.8. The van der Waals surface area contributed by atoms with Gasteiger partial charge in [-0.15, -0.1) is 0 Å². The van der Waals surface area contributed by atoms with Crippen molar-refractivity contribution in [1.82, 2.24) is 5.32 Å². The van der Waals surface area contributed by atoms with Gasteiger partial charge in [0.1, 0.15) is 5.75 Å². The van der Waals surface area contributed by atoms with Crippen molar-refractivity contribution < 1.29 is 17.9 Å². The quantitative estimate of drug-likeness (QED) is 0.746. The summed E-state index contributed by atoms with van der Waals surface area (Å²) in [7, 11) is -2.11. The fourth-order valence-corrected chi connectivity index (χ4v) is 2.10. The Balaban J connectivity index is 2.59. The number of ether oxygens (including phenoxy) is 1. The van der Waals surface area contributed by atoms with Crippen molar-refractivity contribution in [2.75, 3.05) is 13.7 Å². The van der Waals surface area contributed by atoms with Gasteiger partial charge >= 0.3 is 0 Å². The number of hydrogen-bond donors (Lipinski definition) is 2. The van der Waals surface area contributed by atoms with Crippen LogP contribution in [0, 0.1) is 6.92 Å². The summed E-state index contributed by atoms with van der Waals surface area (Å²) in [4.78, 5) is 11.1. The van der Waals surface area contributed by atoms with E-state index in [1.165, 1.54) is 12.1 Å². The lowest BCUT2D eigenvalue weighted by Crippen LogP contribution is -2.18. The Bertz CT molecular complexity index is 555. The molecule has 0 bridgehead atoms. The predicted octanol–water partition coefficient (Wildman–Crippen LogP) is 0.547. The molecule has 0 saturated carbocycles. The van der Waals surface area contributed by atoms with Crippen LogP contribution in [0.1, 0.15) is 18.4 Å². The SMILES string of the molecule is CNC(=O)CCCOc1ccc(S(N)(=O)=O)cc1C. The minimum absolute atomic E-state index is 0.0371. The van der Waals surface area contributed by atoms with Crippen LogP contribution in [0.25, 0.3) is 0 Å². The van der Waals surface area contributed by atoms with Crippen LogP contribution in [0.2, 0.25) is 0 Å². The van der Waals surface area contributed by atoms with Gasteiger partial charge in [0.25, 0.3) is 0 Å². The lowest BCUT2D eigenvalue weighted by atomic mass is 10.2. The summed E-state index contributed by atoms with van der Waals surface area (Å²) in [6.45, 7) is 2.13. The molecule has 0 unspecified atom stereocenters. The highest BCUT2D eigenvalue weighted by Gasteiger charge is 2.10. The van der Waals surface area contributed by atoms with E-state index in [9.17, 15) is 13.2 Å². The molecule has 0 aliphatic carbocycles. The molecule has 3 N–H and O–H groups in total. The molecule has 0 heterocycles. The maximum atomic E-state index is 11.2. The second-order valence-electron chi connectivity index (χ2n) is 4.10. The van der Waals surface area contributed by atoms with Crippen molar-refractivity contribution in [2.45, 2.75) is 24.7 Å². The number of hydrogen-bond acceptors (Lipinski definition) is 4. The summed E-state index contributed by atoms with van der Waals surface area (Å²) in [5, 5.41) is 7.56. The second-order valence-corrected chi connectivity index (χ2v) is 5.66. The molecule has 0 aromatic heterocycles. The third-order valence-electron chi connectivity index (χ3n) is 2.56. The van der Waals surface area contributed by atoms with Gasteiger partial charge in [-0.05, 0) is 37.1 Å². The lowest BCUT2D eigenvalue weighted by Gasteiger charge is -2.09. The molecule has 106 valence electrons. The molecule has 0 aliphatic rings. The highest BCUT2D eigenvalue weighted by molar-refractivity contribution is 7.89. The molecule has 0 aliphatic heterocycles. The van der Waals surface area contributed by atoms with Crippen LogP contribution in [-0.4, -0.2) is 28.0 Å². The maximum Gasteiger partial charge on any atom is 0.238 e. The summed E-state index contributed by atoms with van der Waals surface area (Å²) in [6.07, 6.45) is 0.987. The molecule has 19 heavy (non-hydrogen) atoms. The van der Waals surface area contributed by atoms with Gasteiger partial charge in [-0.25, -0.2) is 13.6 Å². The second kappa shape index (κ2) is 6.53. The van der Waals surface area contributed by atoms with Crippen molar-refractivity contribution in [2.24, 2.45) is 5.14 Å². The van der Waals surface area contributed by atoms with Crippen molar-refractivity contribution in [3.05, 3.63) is 23.8 Å². The van der Waals surface area contributed by atoms with Crippen LogP contribution >= 0.6 is 0 Å². The van der Waals surface area contributed by atoms with Crippen molar-refractivity contribution in [3.63, 3.8) is 0 Å². The molecule has 6 nitrogen and oxygen atoms in total. The van der Waals surface area contributed by atoms with E-state index in [4.69, 9.17) is 9.88 Å².